The van der Waals surface area contributed by atoms with Gasteiger partial charge in [-0.2, -0.15) is 0 Å². The van der Waals surface area contributed by atoms with Gasteiger partial charge in [-0.1, -0.05) is 12.2 Å². The molecule has 1 aliphatic carbocycles. The molecule has 1 fully saturated rings. The van der Waals surface area contributed by atoms with E-state index in [0.717, 1.165) is 25.7 Å². The molecule has 1 amide bonds. The summed E-state index contributed by atoms with van der Waals surface area (Å²) < 4.78 is 0. The van der Waals surface area contributed by atoms with Crippen LogP contribution in [0.15, 0.2) is 17.1 Å². The second-order valence-electron chi connectivity index (χ2n) is 6.28. The van der Waals surface area contributed by atoms with Gasteiger partial charge in [-0.3, -0.25) is 4.79 Å². The third kappa shape index (κ3) is 6.38. The molecule has 1 aliphatic rings. The quantitative estimate of drug-likeness (QED) is 0.344. The molecule has 5 nitrogen and oxygen atoms in total. The van der Waals surface area contributed by atoms with Gasteiger partial charge in [-0.05, 0) is 64.0 Å². The second kappa shape index (κ2) is 9.87. The number of nitrogens with zero attached hydrogens (tertiary/aromatic N) is 1. The molecule has 0 aromatic heterocycles. The van der Waals surface area contributed by atoms with Crippen LogP contribution in [0.25, 0.3) is 0 Å². The van der Waals surface area contributed by atoms with Crippen LogP contribution in [0, 0.1) is 11.8 Å². The molecule has 1 rings (SSSR count). The summed E-state index contributed by atoms with van der Waals surface area (Å²) in [5.74, 6) is -0.0943. The summed E-state index contributed by atoms with van der Waals surface area (Å²) in [5, 5.41) is 29.5. The van der Waals surface area contributed by atoms with E-state index < -0.39 is 12.2 Å². The van der Waals surface area contributed by atoms with Crippen LogP contribution in [0.5, 0.6) is 0 Å². The highest BCUT2D eigenvalue weighted by atomic mass is 16.3. The number of hydrogen-bond acceptors (Lipinski definition) is 4. The molecule has 3 N–H and O–H groups in total. The maximum atomic E-state index is 11.0. The predicted octanol–water partition coefficient (Wildman–Crippen LogP) is 1.85. The third-order valence-corrected chi connectivity index (χ3v) is 4.45. The first-order valence-electron chi connectivity index (χ1n) is 8.14. The van der Waals surface area contributed by atoms with Crippen molar-refractivity contribution in [2.24, 2.45) is 16.8 Å². The van der Waals surface area contributed by atoms with Gasteiger partial charge >= 0.3 is 0 Å². The van der Waals surface area contributed by atoms with Crippen molar-refractivity contribution in [1.82, 2.24) is 0 Å². The van der Waals surface area contributed by atoms with Crippen molar-refractivity contribution in [3.8, 4) is 0 Å². The van der Waals surface area contributed by atoms with Gasteiger partial charge in [0.2, 0.25) is 5.91 Å². The molecular weight excluding hydrogens is 282 g/mol. The van der Waals surface area contributed by atoms with Gasteiger partial charge in [0.1, 0.15) is 0 Å². The van der Waals surface area contributed by atoms with Crippen LogP contribution in [0.4, 0.5) is 0 Å². The van der Waals surface area contributed by atoms with Crippen LogP contribution in [-0.2, 0) is 4.79 Å². The van der Waals surface area contributed by atoms with E-state index in [9.17, 15) is 20.1 Å². The summed E-state index contributed by atoms with van der Waals surface area (Å²) in [6.07, 6.45) is 7.16. The maximum absolute atomic E-state index is 11.0. The molecule has 0 radical (unpaired) electrons. The second-order valence-corrected chi connectivity index (χ2v) is 6.28. The molecule has 1 saturated carbocycles. The van der Waals surface area contributed by atoms with Crippen molar-refractivity contribution in [2.45, 2.75) is 70.2 Å². The summed E-state index contributed by atoms with van der Waals surface area (Å²) in [6.45, 7) is 4.94. The van der Waals surface area contributed by atoms with E-state index in [1.807, 2.05) is 12.2 Å². The van der Waals surface area contributed by atoms with E-state index >= 15 is 0 Å². The molecule has 5 heteroatoms. The first kappa shape index (κ1) is 19.0. The molecular formula is C17H29NO4. The minimum Gasteiger partial charge on any atom is -0.393 e. The van der Waals surface area contributed by atoms with Crippen LogP contribution in [-0.4, -0.2) is 46.3 Å². The number of carbonyl (C=O) groups is 1. The monoisotopic (exact) mass is 311 g/mol. The van der Waals surface area contributed by atoms with Crippen molar-refractivity contribution < 1.29 is 20.1 Å². The van der Waals surface area contributed by atoms with E-state index in [1.54, 1.807) is 6.92 Å². The third-order valence-electron chi connectivity index (χ3n) is 4.45. The topological polar surface area (TPSA) is 90.1 Å². The van der Waals surface area contributed by atoms with Crippen LogP contribution in [0.1, 0.15) is 51.9 Å². The first-order valence-corrected chi connectivity index (χ1v) is 8.14. The zero-order valence-corrected chi connectivity index (χ0v) is 13.4. The molecule has 0 aromatic carbocycles. The first-order chi connectivity index (χ1) is 10.5. The van der Waals surface area contributed by atoms with Crippen molar-refractivity contribution in [3.05, 3.63) is 12.2 Å². The number of unbranched alkanes of at least 4 members (excludes halogenated alkanes) is 1. The van der Waals surface area contributed by atoms with Gasteiger partial charge in [0.15, 0.2) is 0 Å². The lowest BCUT2D eigenvalue weighted by molar-refractivity contribution is -0.117. The van der Waals surface area contributed by atoms with Crippen LogP contribution >= 0.6 is 0 Å². The molecule has 22 heavy (non-hydrogen) atoms. The lowest BCUT2D eigenvalue weighted by atomic mass is 9.86. The van der Waals surface area contributed by atoms with Crippen LogP contribution < -0.4 is 0 Å². The molecule has 126 valence electrons. The maximum Gasteiger partial charge on any atom is 0.245 e. The summed E-state index contributed by atoms with van der Waals surface area (Å²) >= 11 is 0. The van der Waals surface area contributed by atoms with Gasteiger partial charge in [0, 0.05) is 6.42 Å². The molecule has 0 spiro atoms. The fraction of sp³-hybridized carbons (Fsp3) is 0.765. The number of allylic oxidation sites excluding steroid dienone is 2. The zero-order valence-electron chi connectivity index (χ0n) is 13.4. The molecule has 5 unspecified atom stereocenters. The molecule has 0 heterocycles. The number of aliphatic imine (C=N–C) groups is 1. The lowest BCUT2D eigenvalue weighted by Gasteiger charge is -2.23. The highest BCUT2D eigenvalue weighted by molar-refractivity contribution is 5.80. The molecule has 5 atom stereocenters. The lowest BCUT2D eigenvalue weighted by Crippen LogP contribution is -2.23. The average molecular weight is 311 g/mol. The predicted molar refractivity (Wildman–Crippen MR) is 86.7 cm³/mol. The Kier molecular flexibility index (Phi) is 8.53. The van der Waals surface area contributed by atoms with E-state index in [0.29, 0.717) is 19.3 Å². The Morgan fingerprint density at radius 1 is 1.32 bits per heavy atom. The van der Waals surface area contributed by atoms with Gasteiger partial charge in [-0.25, -0.2) is 4.99 Å². The van der Waals surface area contributed by atoms with Crippen LogP contribution in [0.2, 0.25) is 0 Å². The Morgan fingerprint density at radius 2 is 2.00 bits per heavy atom. The SMILES string of the molecule is C=NC(=O)CCC/C=C/CC1C(O)CC(O)C1CCC(C)O. The minimum absolute atomic E-state index is 0.0424. The highest BCUT2D eigenvalue weighted by Crippen LogP contribution is 2.38. The van der Waals surface area contributed by atoms with E-state index in [4.69, 9.17) is 0 Å². The fourth-order valence-corrected chi connectivity index (χ4v) is 3.16. The summed E-state index contributed by atoms with van der Waals surface area (Å²) in [6, 6.07) is 0. The van der Waals surface area contributed by atoms with Crippen molar-refractivity contribution in [2.75, 3.05) is 0 Å². The summed E-state index contributed by atoms with van der Waals surface area (Å²) in [7, 11) is 0. The molecule has 0 bridgehead atoms. The molecule has 0 aromatic rings. The van der Waals surface area contributed by atoms with Gasteiger partial charge < -0.3 is 15.3 Å². The molecule has 0 aliphatic heterocycles. The fourth-order valence-electron chi connectivity index (χ4n) is 3.16. The van der Waals surface area contributed by atoms with Crippen molar-refractivity contribution in [1.29, 1.82) is 0 Å². The Bertz CT molecular complexity index is 381. The van der Waals surface area contributed by atoms with Gasteiger partial charge in [0.05, 0.1) is 18.3 Å². The summed E-state index contributed by atoms with van der Waals surface area (Å²) in [5.41, 5.74) is 0. The smallest absolute Gasteiger partial charge is 0.245 e. The van der Waals surface area contributed by atoms with E-state index in [2.05, 4.69) is 11.7 Å². The highest BCUT2D eigenvalue weighted by Gasteiger charge is 2.40. The van der Waals surface area contributed by atoms with E-state index in [-0.39, 0.29) is 23.8 Å². The number of carbonyl (C=O) groups excluding carboxylic acids is 1. The van der Waals surface area contributed by atoms with Crippen LogP contribution in [0.3, 0.4) is 0 Å². The van der Waals surface area contributed by atoms with E-state index in [1.165, 1.54) is 0 Å². The number of rotatable bonds is 9. The number of hydrogen-bond donors (Lipinski definition) is 3. The number of aliphatic hydroxyl groups excluding tert-OH is 3. The Labute approximate surface area is 132 Å². The van der Waals surface area contributed by atoms with Gasteiger partial charge in [-0.15, -0.1) is 0 Å². The van der Waals surface area contributed by atoms with Crippen molar-refractivity contribution >= 4 is 12.6 Å². The average Bonchev–Trinajstić information content (AvgIpc) is 2.73. The largest absolute Gasteiger partial charge is 0.393 e. The Hall–Kier alpha value is -1.04. The number of aliphatic hydroxyl groups is 3. The minimum atomic E-state index is -0.483. The molecule has 0 saturated heterocycles. The standard InChI is InChI=1S/C17H29NO4/c1-12(19)9-10-14-13(15(20)11-16(14)21)7-5-3-4-6-8-17(22)18-2/h3,5,12-16,19-21H,2,4,6-11H2,1H3/b5-3+. The Balaban J connectivity index is 2.37. The van der Waals surface area contributed by atoms with Gasteiger partial charge in [0.25, 0.3) is 0 Å². The number of amides is 1. The Morgan fingerprint density at radius 3 is 2.64 bits per heavy atom. The van der Waals surface area contributed by atoms with Crippen molar-refractivity contribution in [3.63, 3.8) is 0 Å². The summed E-state index contributed by atoms with van der Waals surface area (Å²) in [4.78, 5) is 14.3. The zero-order chi connectivity index (χ0) is 16.5. The normalized spacial score (nSPS) is 29.8.